The van der Waals surface area contributed by atoms with Crippen LogP contribution in [-0.4, -0.2) is 120 Å². The van der Waals surface area contributed by atoms with Crippen LogP contribution in [0, 0.1) is 0 Å². The molecule has 0 N–H and O–H groups in total. The number of thiophene rings is 1. The van der Waals surface area contributed by atoms with E-state index in [1.807, 2.05) is 84.9 Å². The van der Waals surface area contributed by atoms with Crippen molar-refractivity contribution in [3.8, 4) is 44.9 Å². The summed E-state index contributed by atoms with van der Waals surface area (Å²) in [5.41, 5.74) is 5.45. The van der Waals surface area contributed by atoms with Gasteiger partial charge in [-0.05, 0) is 52.6 Å². The highest BCUT2D eigenvalue weighted by Gasteiger charge is 2.29. The standard InChI is InChI=1S/C52H19B14N3OS/c53-32-30(33(54)41(62)48(40(32)61)69(49-42(63)36(57)34(55)37(58)43(49)64)50-44(65)38(59)35(56)39(60)45(50)66)23-18-26(31-24-13-4-6-15-27(24)70-28(31)19-23)21-11-8-12-22(17-21)52-67-46(20-9-2-1-3-10-20)51-47(68-52)25-14-5-7-16-29(25)71-51/h1-19H. The lowest BCUT2D eigenvalue weighted by atomic mass is 9.59. The van der Waals surface area contributed by atoms with Gasteiger partial charge in [0.25, 0.3) is 0 Å². The summed E-state index contributed by atoms with van der Waals surface area (Å²) in [5.74, 6) is 0.553. The van der Waals surface area contributed by atoms with Crippen LogP contribution in [0.2, 0.25) is 0 Å². The van der Waals surface area contributed by atoms with E-state index in [9.17, 15) is 0 Å². The van der Waals surface area contributed by atoms with Crippen LogP contribution in [0.5, 0.6) is 0 Å². The SMILES string of the molecule is [B]c1c([B])c([B])c(N(c2c([B])c([B])c([B])c([B])c2[B])c2c([B])c([B])c(-c3cc(-c4cccc(-c5nc(-c6ccccc6)c6sc7ccccc7c6n5)c4)c4c(c3)oc3ccccc34)c([B])c2[B])c([B])c1[B]. The predicted molar refractivity (Wildman–Crippen MR) is 314 cm³/mol. The number of aromatic nitrogens is 2. The number of benzene rings is 8. The first-order valence-corrected chi connectivity index (χ1v) is 22.8. The molecule has 4 nitrogen and oxygen atoms in total. The molecular weight excluding hydrogens is 866 g/mol. The smallest absolute Gasteiger partial charge is 0.160 e. The number of furan rings is 1. The van der Waals surface area contributed by atoms with Crippen molar-refractivity contribution in [1.82, 2.24) is 9.97 Å². The Labute approximate surface area is 433 Å². The number of hydrogen-bond donors (Lipinski definition) is 0. The molecule has 3 aromatic heterocycles. The van der Waals surface area contributed by atoms with Crippen molar-refractivity contribution in [1.29, 1.82) is 0 Å². The van der Waals surface area contributed by atoms with Gasteiger partial charge in [-0.1, -0.05) is 129 Å². The largest absolute Gasteiger partial charge is 0.456 e. The second kappa shape index (κ2) is 17.7. The minimum Gasteiger partial charge on any atom is -0.456 e. The van der Waals surface area contributed by atoms with Gasteiger partial charge < -0.3 is 9.32 Å². The van der Waals surface area contributed by atoms with Crippen molar-refractivity contribution < 1.29 is 4.42 Å². The maximum Gasteiger partial charge on any atom is 0.160 e. The van der Waals surface area contributed by atoms with Crippen molar-refractivity contribution >= 4 is 257 Å². The monoisotopic (exact) mass is 887 g/mol. The Bertz CT molecular complexity index is 3930. The molecule has 0 saturated carbocycles. The number of rotatable bonds is 7. The number of anilines is 3. The third-order valence-electron chi connectivity index (χ3n) is 13.1. The lowest BCUT2D eigenvalue weighted by Gasteiger charge is -2.40. The molecule has 0 aliphatic carbocycles. The van der Waals surface area contributed by atoms with Crippen LogP contribution in [0.1, 0.15) is 0 Å². The molecule has 19 heteroatoms. The molecule has 0 spiro atoms. The summed E-state index contributed by atoms with van der Waals surface area (Å²) in [5, 5.41) is 2.76. The first-order chi connectivity index (χ1) is 34.1. The van der Waals surface area contributed by atoms with E-state index in [0.717, 1.165) is 59.0 Å². The summed E-state index contributed by atoms with van der Waals surface area (Å²) >= 11 is 1.67. The molecule has 0 aliphatic rings. The van der Waals surface area contributed by atoms with Crippen LogP contribution >= 0.6 is 11.3 Å². The molecular formula is C52H19B14N3OS. The highest BCUT2D eigenvalue weighted by Crippen LogP contribution is 2.42. The molecule has 0 atom stereocenters. The lowest BCUT2D eigenvalue weighted by Crippen LogP contribution is -2.60. The highest BCUT2D eigenvalue weighted by molar-refractivity contribution is 7.26. The quantitative estimate of drug-likeness (QED) is 0.174. The van der Waals surface area contributed by atoms with Gasteiger partial charge >= 0.3 is 0 Å². The molecule has 8 aromatic carbocycles. The predicted octanol–water partition coefficient (Wildman–Crippen LogP) is -2.01. The van der Waals surface area contributed by atoms with Gasteiger partial charge in [-0.3, -0.25) is 0 Å². The minimum atomic E-state index is -0.144. The van der Waals surface area contributed by atoms with Crippen molar-refractivity contribution in [2.24, 2.45) is 0 Å². The molecule has 0 bridgehead atoms. The third-order valence-corrected chi connectivity index (χ3v) is 14.3. The summed E-state index contributed by atoms with van der Waals surface area (Å²) in [6, 6.07) is 37.9. The topological polar surface area (TPSA) is 42.2 Å². The molecule has 71 heavy (non-hydrogen) atoms. The normalized spacial score (nSPS) is 11.6. The zero-order chi connectivity index (χ0) is 49.9. The van der Waals surface area contributed by atoms with E-state index in [1.165, 1.54) is 4.90 Å². The lowest BCUT2D eigenvalue weighted by molar-refractivity contribution is 0.669. The highest BCUT2D eigenvalue weighted by atomic mass is 32.1. The zero-order valence-electron chi connectivity index (χ0n) is 37.7. The minimum absolute atomic E-state index is 0.00735. The molecule has 11 rings (SSSR count). The number of nitrogens with zero attached hydrogens (tertiary/aromatic N) is 3. The molecule has 28 radical (unpaired) electrons. The Morgan fingerprint density at radius 1 is 0.394 bits per heavy atom. The van der Waals surface area contributed by atoms with Gasteiger partial charge in [0.2, 0.25) is 0 Å². The van der Waals surface area contributed by atoms with Crippen molar-refractivity contribution in [3.63, 3.8) is 0 Å². The number of hydrogen-bond acceptors (Lipinski definition) is 5. The Morgan fingerprint density at radius 2 is 0.887 bits per heavy atom. The molecule has 0 amide bonds. The Hall–Kier alpha value is -6.43. The van der Waals surface area contributed by atoms with Crippen LogP contribution < -0.4 is 81.4 Å². The summed E-state index contributed by atoms with van der Waals surface area (Å²) in [7, 11) is 93.5. The van der Waals surface area contributed by atoms with Gasteiger partial charge in [-0.25, -0.2) is 9.97 Å². The molecule has 0 fully saturated rings. The first-order valence-electron chi connectivity index (χ1n) is 22.0. The Balaban J connectivity index is 1.15. The molecule has 296 valence electrons. The van der Waals surface area contributed by atoms with Gasteiger partial charge in [-0.15, -0.1) is 44.1 Å². The Morgan fingerprint density at radius 3 is 1.49 bits per heavy atom. The van der Waals surface area contributed by atoms with Gasteiger partial charge in [0.05, 0.1) is 15.9 Å². The second-order valence-corrected chi connectivity index (χ2v) is 18.2. The molecule has 11 aromatic rings. The van der Waals surface area contributed by atoms with E-state index in [2.05, 4.69) is 30.3 Å². The first kappa shape index (κ1) is 46.9. The molecule has 0 aliphatic heterocycles. The number of para-hydroxylation sites is 1. The van der Waals surface area contributed by atoms with Gasteiger partial charge in [0.15, 0.2) is 5.82 Å². The maximum atomic E-state index is 7.15. The van der Waals surface area contributed by atoms with E-state index < -0.39 is 0 Å². The van der Waals surface area contributed by atoms with E-state index in [4.69, 9.17) is 124 Å². The van der Waals surface area contributed by atoms with Gasteiger partial charge in [-0.2, -0.15) is 0 Å². The van der Waals surface area contributed by atoms with Crippen LogP contribution in [0.3, 0.4) is 0 Å². The summed E-state index contributed by atoms with van der Waals surface area (Å²) in [4.78, 5) is 11.8. The summed E-state index contributed by atoms with van der Waals surface area (Å²) < 4.78 is 8.69. The molecule has 0 unspecified atom stereocenters. The fourth-order valence-corrected chi connectivity index (χ4v) is 10.6. The van der Waals surface area contributed by atoms with E-state index in [0.29, 0.717) is 22.6 Å². The van der Waals surface area contributed by atoms with Crippen LogP contribution in [0.15, 0.2) is 120 Å². The summed E-state index contributed by atoms with van der Waals surface area (Å²) in [6.45, 7) is 0. The fraction of sp³-hybridized carbons (Fsp3) is 0. The van der Waals surface area contributed by atoms with E-state index in [1.54, 1.807) is 11.3 Å². The van der Waals surface area contributed by atoms with E-state index >= 15 is 0 Å². The average Bonchev–Trinajstić information content (AvgIpc) is 3.96. The van der Waals surface area contributed by atoms with Crippen LogP contribution in [0.4, 0.5) is 17.1 Å². The van der Waals surface area contributed by atoms with Gasteiger partial charge in [0, 0.05) is 49.0 Å². The average molecular weight is 885 g/mol. The third kappa shape index (κ3) is 7.31. The van der Waals surface area contributed by atoms with Crippen LogP contribution in [-0.2, 0) is 0 Å². The van der Waals surface area contributed by atoms with E-state index in [-0.39, 0.29) is 99.1 Å². The maximum absolute atomic E-state index is 7.15. The van der Waals surface area contributed by atoms with Crippen molar-refractivity contribution in [3.05, 3.63) is 115 Å². The Kier molecular flexibility index (Phi) is 11.7. The van der Waals surface area contributed by atoms with Crippen LogP contribution in [0.25, 0.3) is 87.1 Å². The van der Waals surface area contributed by atoms with Crippen molar-refractivity contribution in [2.45, 2.75) is 0 Å². The summed E-state index contributed by atoms with van der Waals surface area (Å²) in [6.07, 6.45) is 0. The fourth-order valence-electron chi connectivity index (χ4n) is 9.42. The molecule has 0 saturated heterocycles. The zero-order valence-corrected chi connectivity index (χ0v) is 38.5. The van der Waals surface area contributed by atoms with Gasteiger partial charge in [0.1, 0.15) is 121 Å². The second-order valence-electron chi connectivity index (χ2n) is 17.2. The molecule has 3 heterocycles. The number of fused-ring (bicyclic) bond motifs is 6. The van der Waals surface area contributed by atoms with Crippen molar-refractivity contribution in [2.75, 3.05) is 4.90 Å².